The highest BCUT2D eigenvalue weighted by molar-refractivity contribution is 5.96. The molecular formula is C32H51N9O7. The molecule has 1 aromatic carbocycles. The van der Waals surface area contributed by atoms with Gasteiger partial charge in [-0.15, -0.1) is 0 Å². The summed E-state index contributed by atoms with van der Waals surface area (Å²) in [7, 11) is 0. The molecule has 0 saturated carbocycles. The number of fused-ring (bicyclic) bond motifs is 1. The number of benzene rings is 1. The average molecular weight is 674 g/mol. The van der Waals surface area contributed by atoms with Crippen molar-refractivity contribution in [2.24, 2.45) is 34.0 Å². The number of carbonyl (C=O) groups excluding carboxylic acids is 4. The molecule has 1 heterocycles. The Balaban J connectivity index is 2.26. The van der Waals surface area contributed by atoms with Crippen LogP contribution in [0.2, 0.25) is 0 Å². The minimum Gasteiger partial charge on any atom is -0.480 e. The van der Waals surface area contributed by atoms with Crippen LogP contribution in [-0.4, -0.2) is 94.1 Å². The number of aliphatic hydroxyl groups is 1. The van der Waals surface area contributed by atoms with E-state index in [9.17, 15) is 34.2 Å². The first-order valence-electron chi connectivity index (χ1n) is 16.1. The highest BCUT2D eigenvalue weighted by Gasteiger charge is 2.34. The number of aliphatic imine (C=N–C) groups is 1. The SMILES string of the molecule is CC[C@H](C)[C@H](NC(=O)[C@H](CO)NC(=O)[C@@H](N)CCCN=C(N)N)C(=O)N[C@@H](Cc1c[nH]c2ccccc12)C(=O)N[C@@H](CC(C)C)C(=O)O. The number of aromatic amines is 1. The topological polar surface area (TPSA) is 280 Å². The lowest BCUT2D eigenvalue weighted by atomic mass is 9.96. The van der Waals surface area contributed by atoms with Gasteiger partial charge in [-0.05, 0) is 42.7 Å². The van der Waals surface area contributed by atoms with Crippen LogP contribution in [0, 0.1) is 11.8 Å². The number of amides is 4. The van der Waals surface area contributed by atoms with Gasteiger partial charge < -0.3 is 53.7 Å². The molecule has 48 heavy (non-hydrogen) atoms. The van der Waals surface area contributed by atoms with Crippen molar-refractivity contribution in [1.29, 1.82) is 0 Å². The predicted octanol–water partition coefficient (Wildman–Crippen LogP) is -0.800. The molecule has 0 spiro atoms. The Morgan fingerprint density at radius 1 is 0.896 bits per heavy atom. The second kappa shape index (κ2) is 19.2. The van der Waals surface area contributed by atoms with Gasteiger partial charge in [0.2, 0.25) is 23.6 Å². The van der Waals surface area contributed by atoms with Crippen molar-refractivity contribution in [3.05, 3.63) is 36.0 Å². The molecule has 16 nitrogen and oxygen atoms in total. The van der Waals surface area contributed by atoms with Crippen LogP contribution in [0.3, 0.4) is 0 Å². The third kappa shape index (κ3) is 12.2. The van der Waals surface area contributed by atoms with Crippen molar-refractivity contribution in [3.8, 4) is 0 Å². The first-order valence-corrected chi connectivity index (χ1v) is 16.1. The summed E-state index contributed by atoms with van der Waals surface area (Å²) in [6.07, 6.45) is 2.97. The molecule has 0 bridgehead atoms. The Bertz CT molecular complexity index is 1420. The second-order valence-corrected chi connectivity index (χ2v) is 12.3. The van der Waals surface area contributed by atoms with E-state index in [1.165, 1.54) is 0 Å². The summed E-state index contributed by atoms with van der Waals surface area (Å²) in [5.74, 6) is -4.69. The highest BCUT2D eigenvalue weighted by Crippen LogP contribution is 2.20. The molecule has 2 rings (SSSR count). The molecule has 0 fully saturated rings. The summed E-state index contributed by atoms with van der Waals surface area (Å²) in [6.45, 7) is 6.68. The number of nitrogens with two attached hydrogens (primary N) is 3. The van der Waals surface area contributed by atoms with Crippen LogP contribution in [0.25, 0.3) is 10.9 Å². The van der Waals surface area contributed by atoms with Gasteiger partial charge in [0.05, 0.1) is 12.6 Å². The summed E-state index contributed by atoms with van der Waals surface area (Å²) in [5, 5.41) is 30.8. The molecule has 16 heteroatoms. The molecule has 4 amide bonds. The Hall–Kier alpha value is -4.70. The smallest absolute Gasteiger partial charge is 0.326 e. The third-order valence-corrected chi connectivity index (χ3v) is 7.97. The lowest BCUT2D eigenvalue weighted by Gasteiger charge is -2.28. The fraction of sp³-hybridized carbons (Fsp3) is 0.562. The van der Waals surface area contributed by atoms with E-state index in [-0.39, 0.29) is 37.7 Å². The second-order valence-electron chi connectivity index (χ2n) is 12.3. The zero-order chi connectivity index (χ0) is 36.0. The van der Waals surface area contributed by atoms with Crippen molar-refractivity contribution >= 4 is 46.5 Å². The van der Waals surface area contributed by atoms with Crippen molar-refractivity contribution in [3.63, 3.8) is 0 Å². The van der Waals surface area contributed by atoms with Crippen molar-refractivity contribution in [2.75, 3.05) is 13.2 Å². The number of nitrogens with zero attached hydrogens (tertiary/aromatic N) is 1. The maximum Gasteiger partial charge on any atom is 0.326 e. The van der Waals surface area contributed by atoms with Gasteiger partial charge in [0.1, 0.15) is 24.2 Å². The molecule has 0 saturated heterocycles. The third-order valence-electron chi connectivity index (χ3n) is 7.97. The quantitative estimate of drug-likeness (QED) is 0.0474. The number of aliphatic hydroxyl groups excluding tert-OH is 1. The number of para-hydroxylation sites is 1. The zero-order valence-corrected chi connectivity index (χ0v) is 28.0. The Morgan fingerprint density at radius 2 is 1.52 bits per heavy atom. The van der Waals surface area contributed by atoms with E-state index in [0.29, 0.717) is 18.4 Å². The van der Waals surface area contributed by atoms with Gasteiger partial charge in [0.25, 0.3) is 0 Å². The number of aromatic nitrogens is 1. The summed E-state index contributed by atoms with van der Waals surface area (Å²) < 4.78 is 0. The maximum absolute atomic E-state index is 13.8. The molecule has 0 aliphatic rings. The van der Waals surface area contributed by atoms with Crippen molar-refractivity contribution < 1.29 is 34.2 Å². The monoisotopic (exact) mass is 673 g/mol. The van der Waals surface area contributed by atoms with E-state index >= 15 is 0 Å². The lowest BCUT2D eigenvalue weighted by Crippen LogP contribution is -2.60. The molecule has 2 aromatic rings. The number of hydrogen-bond acceptors (Lipinski definition) is 8. The van der Waals surface area contributed by atoms with Gasteiger partial charge in [-0.25, -0.2) is 4.79 Å². The first-order chi connectivity index (χ1) is 22.7. The van der Waals surface area contributed by atoms with Crippen LogP contribution >= 0.6 is 0 Å². The Labute approximate surface area is 280 Å². The van der Waals surface area contributed by atoms with E-state index in [1.807, 2.05) is 45.0 Å². The van der Waals surface area contributed by atoms with Crippen molar-refractivity contribution in [2.45, 2.75) is 90.0 Å². The average Bonchev–Trinajstić information content (AvgIpc) is 3.45. The minimum atomic E-state index is -1.42. The van der Waals surface area contributed by atoms with Gasteiger partial charge in [0.15, 0.2) is 5.96 Å². The number of guanidine groups is 1. The van der Waals surface area contributed by atoms with Crippen LogP contribution in [0.15, 0.2) is 35.5 Å². The fourth-order valence-electron chi connectivity index (χ4n) is 5.04. The van der Waals surface area contributed by atoms with E-state index < -0.39 is 72.3 Å². The van der Waals surface area contributed by atoms with Gasteiger partial charge in [0, 0.05) is 30.1 Å². The minimum absolute atomic E-state index is 0.0210. The molecule has 1 aromatic heterocycles. The summed E-state index contributed by atoms with van der Waals surface area (Å²) in [6, 6.07) is 1.41. The molecule has 0 aliphatic heterocycles. The van der Waals surface area contributed by atoms with Crippen LogP contribution in [-0.2, 0) is 30.4 Å². The molecule has 0 unspecified atom stereocenters. The number of carboxylic acid groups (broad SMARTS) is 1. The molecule has 13 N–H and O–H groups in total. The van der Waals surface area contributed by atoms with E-state index in [0.717, 1.165) is 10.9 Å². The van der Waals surface area contributed by atoms with Crippen molar-refractivity contribution in [1.82, 2.24) is 26.3 Å². The Morgan fingerprint density at radius 3 is 2.12 bits per heavy atom. The van der Waals surface area contributed by atoms with Gasteiger partial charge in [-0.1, -0.05) is 52.3 Å². The summed E-state index contributed by atoms with van der Waals surface area (Å²) >= 11 is 0. The van der Waals surface area contributed by atoms with Gasteiger partial charge >= 0.3 is 5.97 Å². The zero-order valence-electron chi connectivity index (χ0n) is 28.0. The van der Waals surface area contributed by atoms with E-state index in [2.05, 4.69) is 31.2 Å². The largest absolute Gasteiger partial charge is 0.480 e. The van der Waals surface area contributed by atoms with E-state index in [4.69, 9.17) is 17.2 Å². The summed E-state index contributed by atoms with van der Waals surface area (Å²) in [4.78, 5) is 72.2. The number of nitrogens with one attached hydrogen (secondary N) is 5. The van der Waals surface area contributed by atoms with Gasteiger partial charge in [-0.2, -0.15) is 0 Å². The molecule has 0 aliphatic carbocycles. The number of aliphatic carboxylic acids is 1. The first kappa shape index (κ1) is 39.5. The maximum atomic E-state index is 13.8. The number of H-pyrrole nitrogens is 1. The Kier molecular flexibility index (Phi) is 15.8. The number of hydrogen-bond donors (Lipinski definition) is 10. The molecule has 266 valence electrons. The van der Waals surface area contributed by atoms with Gasteiger partial charge in [-0.3, -0.25) is 24.2 Å². The number of rotatable bonds is 20. The van der Waals surface area contributed by atoms with Crippen LogP contribution < -0.4 is 38.5 Å². The molecule has 6 atom stereocenters. The standard InChI is InChI=1S/C32H51N9O7/c1-5-18(4)26(41-29(45)25(16-42)40-27(43)21(33)10-8-12-36-32(34)35)30(46)38-23(28(44)39-24(31(47)48)13-17(2)3)14-19-15-37-22-11-7-6-9-20(19)22/h6-7,9,11,15,17-18,21,23-26,37,42H,5,8,10,12-14,16,33H2,1-4H3,(H,38,46)(H,39,44)(H,40,43)(H,41,45)(H,47,48)(H4,34,35,36)/t18-,21-,23-,24-,25-,26-/m0/s1. The highest BCUT2D eigenvalue weighted by atomic mass is 16.4. The number of carbonyl (C=O) groups is 5. The fourth-order valence-corrected chi connectivity index (χ4v) is 5.04. The van der Waals surface area contributed by atoms with Crippen LogP contribution in [0.5, 0.6) is 0 Å². The number of carboxylic acids is 1. The lowest BCUT2D eigenvalue weighted by molar-refractivity contribution is -0.142. The normalized spacial score (nSPS) is 15.0. The van der Waals surface area contributed by atoms with Crippen LogP contribution in [0.1, 0.15) is 58.9 Å². The molecular weight excluding hydrogens is 622 g/mol. The predicted molar refractivity (Wildman–Crippen MR) is 181 cm³/mol. The van der Waals surface area contributed by atoms with E-state index in [1.54, 1.807) is 13.1 Å². The summed E-state index contributed by atoms with van der Waals surface area (Å²) in [5.41, 5.74) is 18.0. The molecule has 0 radical (unpaired) electrons. The van der Waals surface area contributed by atoms with Crippen LogP contribution in [0.4, 0.5) is 0 Å².